The lowest BCUT2D eigenvalue weighted by Crippen LogP contribution is -2.50. The SMILES string of the molecule is O=S(=O)(NC(Cl)CN1CCN(CCCOc2ccccc2)CC1)c1ccc(Cl)c2ncccc12. The van der Waals surface area contributed by atoms with E-state index in [1.807, 2.05) is 30.3 Å². The quantitative estimate of drug-likeness (QED) is 0.248. The molecule has 3 aromatic rings. The van der Waals surface area contributed by atoms with Gasteiger partial charge in [0.2, 0.25) is 10.0 Å². The molecule has 7 nitrogen and oxygen atoms in total. The van der Waals surface area contributed by atoms with Gasteiger partial charge in [-0.1, -0.05) is 29.8 Å². The van der Waals surface area contributed by atoms with E-state index in [1.165, 1.54) is 6.07 Å². The van der Waals surface area contributed by atoms with Crippen LogP contribution in [-0.4, -0.2) is 74.6 Å². The summed E-state index contributed by atoms with van der Waals surface area (Å²) < 4.78 is 34.4. The second-order valence-corrected chi connectivity index (χ2v) is 10.8. The van der Waals surface area contributed by atoms with Crippen molar-refractivity contribution < 1.29 is 13.2 Å². The van der Waals surface area contributed by atoms with Crippen LogP contribution in [0.4, 0.5) is 0 Å². The molecule has 1 unspecified atom stereocenters. The van der Waals surface area contributed by atoms with Gasteiger partial charge in [0.15, 0.2) is 0 Å². The molecule has 0 spiro atoms. The second kappa shape index (κ2) is 11.7. The van der Waals surface area contributed by atoms with Crippen LogP contribution in [0.25, 0.3) is 10.9 Å². The smallest absolute Gasteiger partial charge is 0.242 e. The molecule has 0 aliphatic carbocycles. The summed E-state index contributed by atoms with van der Waals surface area (Å²) in [7, 11) is -3.83. The van der Waals surface area contributed by atoms with Crippen LogP contribution < -0.4 is 9.46 Å². The molecule has 1 saturated heterocycles. The van der Waals surface area contributed by atoms with Crippen LogP contribution in [0.5, 0.6) is 5.75 Å². The highest BCUT2D eigenvalue weighted by Crippen LogP contribution is 2.27. The molecule has 182 valence electrons. The molecule has 2 aromatic carbocycles. The Morgan fingerprint density at radius 3 is 2.50 bits per heavy atom. The van der Waals surface area contributed by atoms with Gasteiger partial charge in [-0.25, -0.2) is 8.42 Å². The van der Waals surface area contributed by atoms with Gasteiger partial charge in [0, 0.05) is 50.9 Å². The number of aromatic nitrogens is 1. The summed E-state index contributed by atoms with van der Waals surface area (Å²) in [5, 5.41) is 0.873. The largest absolute Gasteiger partial charge is 0.494 e. The molecule has 0 radical (unpaired) electrons. The topological polar surface area (TPSA) is 74.8 Å². The molecule has 1 aliphatic rings. The number of ether oxygens (including phenoxy) is 1. The van der Waals surface area contributed by atoms with Crippen molar-refractivity contribution in [1.82, 2.24) is 19.5 Å². The zero-order chi connectivity index (χ0) is 24.0. The first-order valence-electron chi connectivity index (χ1n) is 11.2. The number of pyridine rings is 1. The first-order chi connectivity index (χ1) is 16.4. The number of rotatable bonds is 10. The predicted molar refractivity (Wildman–Crippen MR) is 136 cm³/mol. The maximum Gasteiger partial charge on any atom is 0.242 e. The van der Waals surface area contributed by atoms with Crippen LogP contribution in [0.1, 0.15) is 6.42 Å². The van der Waals surface area contributed by atoms with E-state index in [-0.39, 0.29) is 4.90 Å². The molecule has 1 aliphatic heterocycles. The van der Waals surface area contributed by atoms with Crippen LogP contribution in [0, 0.1) is 0 Å². The Labute approximate surface area is 210 Å². The maximum atomic E-state index is 13.0. The zero-order valence-corrected chi connectivity index (χ0v) is 21.1. The van der Waals surface area contributed by atoms with Crippen LogP contribution in [0.2, 0.25) is 5.02 Å². The van der Waals surface area contributed by atoms with E-state index in [1.54, 1.807) is 24.4 Å². The summed E-state index contributed by atoms with van der Waals surface area (Å²) in [6, 6.07) is 16.2. The predicted octanol–water partition coefficient (Wildman–Crippen LogP) is 3.82. The fourth-order valence-corrected chi connectivity index (χ4v) is 6.03. The van der Waals surface area contributed by atoms with Crippen molar-refractivity contribution >= 4 is 44.1 Å². The van der Waals surface area contributed by atoms with Gasteiger partial charge in [0.05, 0.1) is 22.0 Å². The Kier molecular flexibility index (Phi) is 8.63. The Morgan fingerprint density at radius 1 is 1.00 bits per heavy atom. The fraction of sp³-hybridized carbons (Fsp3) is 0.375. The number of nitrogens with zero attached hydrogens (tertiary/aromatic N) is 3. The molecule has 0 amide bonds. The Morgan fingerprint density at radius 2 is 1.74 bits per heavy atom. The number of halogens is 2. The van der Waals surface area contributed by atoms with Gasteiger partial charge >= 0.3 is 0 Å². The third kappa shape index (κ3) is 6.59. The number of hydrogen-bond acceptors (Lipinski definition) is 6. The van der Waals surface area contributed by atoms with Gasteiger partial charge in [0.25, 0.3) is 0 Å². The molecule has 1 N–H and O–H groups in total. The first-order valence-corrected chi connectivity index (χ1v) is 13.5. The minimum Gasteiger partial charge on any atom is -0.494 e. The van der Waals surface area contributed by atoms with Crippen molar-refractivity contribution in [2.75, 3.05) is 45.9 Å². The number of hydrogen-bond donors (Lipinski definition) is 1. The Balaban J connectivity index is 1.23. The number of para-hydroxylation sites is 1. The number of piperazine rings is 1. The molecular weight excluding hydrogens is 495 g/mol. The lowest BCUT2D eigenvalue weighted by Gasteiger charge is -2.35. The van der Waals surface area contributed by atoms with Crippen molar-refractivity contribution in [3.05, 3.63) is 65.8 Å². The highest BCUT2D eigenvalue weighted by molar-refractivity contribution is 7.89. The molecular formula is C24H28Cl2N4O3S. The third-order valence-electron chi connectivity index (χ3n) is 5.77. The van der Waals surface area contributed by atoms with Crippen molar-refractivity contribution in [2.24, 2.45) is 0 Å². The number of benzene rings is 2. The van der Waals surface area contributed by atoms with Gasteiger partial charge < -0.3 is 9.64 Å². The van der Waals surface area contributed by atoms with E-state index in [0.29, 0.717) is 29.1 Å². The van der Waals surface area contributed by atoms with Crippen molar-refractivity contribution in [3.63, 3.8) is 0 Å². The highest BCUT2D eigenvalue weighted by Gasteiger charge is 2.25. The minimum absolute atomic E-state index is 0.119. The van der Waals surface area contributed by atoms with E-state index in [9.17, 15) is 8.42 Å². The summed E-state index contributed by atoms with van der Waals surface area (Å²) in [6.07, 6.45) is 2.54. The Hall–Kier alpha value is -1.94. The lowest BCUT2D eigenvalue weighted by atomic mass is 10.2. The van der Waals surface area contributed by atoms with Crippen molar-refractivity contribution in [1.29, 1.82) is 0 Å². The first kappa shape index (κ1) is 25.2. The van der Waals surface area contributed by atoms with E-state index in [4.69, 9.17) is 27.9 Å². The third-order valence-corrected chi connectivity index (χ3v) is 7.98. The number of fused-ring (bicyclic) bond motifs is 1. The fourth-order valence-electron chi connectivity index (χ4n) is 4.03. The maximum absolute atomic E-state index is 13.0. The van der Waals surface area contributed by atoms with Gasteiger partial charge in [0.1, 0.15) is 11.3 Å². The van der Waals surface area contributed by atoms with E-state index < -0.39 is 15.5 Å². The van der Waals surface area contributed by atoms with Crippen LogP contribution in [0.15, 0.2) is 65.7 Å². The monoisotopic (exact) mass is 522 g/mol. The summed E-state index contributed by atoms with van der Waals surface area (Å²) in [4.78, 5) is 8.89. The van der Waals surface area contributed by atoms with Crippen LogP contribution >= 0.6 is 23.2 Å². The van der Waals surface area contributed by atoms with Gasteiger partial charge in [-0.2, -0.15) is 4.72 Å². The Bertz CT molecular complexity index is 1190. The highest BCUT2D eigenvalue weighted by atomic mass is 35.5. The van der Waals surface area contributed by atoms with E-state index >= 15 is 0 Å². The van der Waals surface area contributed by atoms with Gasteiger partial charge in [-0.15, -0.1) is 11.6 Å². The standard InChI is InChI=1S/C24H28Cl2N4O3S/c25-21-9-10-22(20-8-4-11-27-24(20)21)34(31,32)28-23(26)18-30-15-13-29(14-16-30)12-5-17-33-19-6-2-1-3-7-19/h1-4,6-11,23,28H,5,12-18H2. The molecule has 2 heterocycles. The molecule has 34 heavy (non-hydrogen) atoms. The second-order valence-electron chi connectivity index (χ2n) is 8.19. The summed E-state index contributed by atoms with van der Waals surface area (Å²) >= 11 is 12.6. The average molecular weight is 523 g/mol. The lowest BCUT2D eigenvalue weighted by molar-refractivity contribution is 0.125. The molecule has 1 fully saturated rings. The summed E-state index contributed by atoms with van der Waals surface area (Å²) in [6.45, 7) is 5.57. The summed E-state index contributed by atoms with van der Waals surface area (Å²) in [5.41, 5.74) is -0.304. The van der Waals surface area contributed by atoms with E-state index in [2.05, 4.69) is 19.5 Å². The number of alkyl halides is 1. The van der Waals surface area contributed by atoms with Crippen molar-refractivity contribution in [3.8, 4) is 5.75 Å². The zero-order valence-electron chi connectivity index (χ0n) is 18.7. The molecule has 4 rings (SSSR count). The average Bonchev–Trinajstić information content (AvgIpc) is 2.83. The number of nitrogens with one attached hydrogen (secondary N) is 1. The van der Waals surface area contributed by atoms with Crippen LogP contribution in [0.3, 0.4) is 0 Å². The molecule has 1 atom stereocenters. The van der Waals surface area contributed by atoms with Crippen molar-refractivity contribution in [2.45, 2.75) is 16.8 Å². The van der Waals surface area contributed by atoms with Crippen LogP contribution in [-0.2, 0) is 10.0 Å². The molecule has 10 heteroatoms. The minimum atomic E-state index is -3.83. The number of sulfonamides is 1. The molecule has 1 aromatic heterocycles. The summed E-state index contributed by atoms with van der Waals surface area (Å²) in [5.74, 6) is 0.894. The molecule has 0 saturated carbocycles. The van der Waals surface area contributed by atoms with Gasteiger partial charge in [-0.3, -0.25) is 9.88 Å². The van der Waals surface area contributed by atoms with Gasteiger partial charge in [-0.05, 0) is 42.8 Å². The normalized spacial score (nSPS) is 16.5. The van der Waals surface area contributed by atoms with E-state index in [0.717, 1.165) is 44.9 Å². The molecule has 0 bridgehead atoms.